The Morgan fingerprint density at radius 2 is 1.96 bits per heavy atom. The third-order valence-electron chi connectivity index (χ3n) is 12.7. The van der Waals surface area contributed by atoms with Gasteiger partial charge in [-0.05, 0) is 125 Å². The molecule has 0 spiro atoms. The van der Waals surface area contributed by atoms with Crippen LogP contribution in [0.15, 0.2) is 76.2 Å². The zero-order chi connectivity index (χ0) is 39.9. The average molecular weight is 798 g/mol. The van der Waals surface area contributed by atoms with Crippen LogP contribution in [-0.4, -0.2) is 96.3 Å². The second kappa shape index (κ2) is 16.0. The van der Waals surface area contributed by atoms with Crippen LogP contribution in [0.1, 0.15) is 76.0 Å². The third-order valence-corrected chi connectivity index (χ3v) is 13.6. The normalized spacial score (nSPS) is 27.4. The molecule has 1 aromatic carbocycles. The first-order valence-electron chi connectivity index (χ1n) is 20.2. The number of dihydropyridines is 1. The monoisotopic (exact) mass is 797 g/mol. The maximum absolute atomic E-state index is 10.6. The van der Waals surface area contributed by atoms with Crippen molar-refractivity contribution >= 4 is 43.9 Å². The van der Waals surface area contributed by atoms with Crippen molar-refractivity contribution in [1.29, 1.82) is 5.41 Å². The van der Waals surface area contributed by atoms with Crippen LogP contribution in [-0.2, 0) is 11.3 Å². The van der Waals surface area contributed by atoms with E-state index in [0.717, 1.165) is 77.7 Å². The molecule has 4 bridgehead atoms. The molecule has 0 radical (unpaired) electrons. The van der Waals surface area contributed by atoms with Crippen LogP contribution in [0.4, 0.5) is 5.13 Å². The first-order valence-corrected chi connectivity index (χ1v) is 21.0. The number of piperidine rings is 1. The van der Waals surface area contributed by atoms with Gasteiger partial charge < -0.3 is 46.4 Å². The van der Waals surface area contributed by atoms with E-state index in [1.165, 1.54) is 17.8 Å². The zero-order valence-electron chi connectivity index (χ0n) is 32.8. The molecule has 57 heavy (non-hydrogen) atoms. The largest absolute Gasteiger partial charge is 0.480 e. The molecule has 2 aromatic heterocycles. The number of nitrogens with two attached hydrogens (primary N) is 1. The van der Waals surface area contributed by atoms with Crippen LogP contribution in [0.5, 0.6) is 0 Å². The predicted molar refractivity (Wildman–Crippen MR) is 222 cm³/mol. The molecule has 5 fully saturated rings. The second-order valence-corrected chi connectivity index (χ2v) is 17.8. The first kappa shape index (κ1) is 39.3. The number of aromatic nitrogens is 3. The lowest BCUT2D eigenvalue weighted by Crippen LogP contribution is -2.58. The number of hydrogen-bond donors (Lipinski definition) is 8. The number of aliphatic hydroxyl groups is 4. The van der Waals surface area contributed by atoms with Gasteiger partial charge in [0.1, 0.15) is 23.2 Å². The van der Waals surface area contributed by atoms with Crippen LogP contribution in [0.2, 0.25) is 0 Å². The topological polar surface area (TPSA) is 210 Å². The lowest BCUT2D eigenvalue weighted by atomic mass is 9.48. The highest BCUT2D eigenvalue weighted by Crippen LogP contribution is 2.63. The number of aliphatic imine (C=N–C) groups is 1. The number of likely N-dealkylation sites (tertiary alicyclic amines) is 1. The Labute approximate surface area is 337 Å². The van der Waals surface area contributed by atoms with Gasteiger partial charge in [-0.3, -0.25) is 10.1 Å². The minimum atomic E-state index is -0.832. The van der Waals surface area contributed by atoms with Crippen LogP contribution in [0.3, 0.4) is 0 Å². The Balaban J connectivity index is 0.974. The van der Waals surface area contributed by atoms with Gasteiger partial charge >= 0.3 is 0 Å². The molecule has 4 saturated carbocycles. The average Bonchev–Trinajstić information content (AvgIpc) is 3.76. The summed E-state index contributed by atoms with van der Waals surface area (Å²) >= 11 is 1.47. The van der Waals surface area contributed by atoms with Crippen molar-refractivity contribution in [3.8, 4) is 0 Å². The van der Waals surface area contributed by atoms with Crippen LogP contribution in [0, 0.1) is 29.6 Å². The lowest BCUT2D eigenvalue weighted by molar-refractivity contribution is -0.196. The van der Waals surface area contributed by atoms with E-state index in [9.17, 15) is 20.7 Å². The summed E-state index contributed by atoms with van der Waals surface area (Å²) in [5, 5.41) is 61.1. The number of amidine groups is 2. The van der Waals surface area contributed by atoms with Gasteiger partial charge in [-0.2, -0.15) is 5.10 Å². The summed E-state index contributed by atoms with van der Waals surface area (Å²) in [5.74, 6) is 1.61. The predicted octanol–water partition coefficient (Wildman–Crippen LogP) is 5.68. The number of allylic oxidation sites excluding steroid dienone is 3. The molecule has 15 heteroatoms. The van der Waals surface area contributed by atoms with E-state index in [-0.39, 0.29) is 29.2 Å². The molecule has 304 valence electrons. The molecule has 9 N–H and O–H groups in total. The van der Waals surface area contributed by atoms with Gasteiger partial charge in [-0.1, -0.05) is 23.5 Å². The minimum Gasteiger partial charge on any atom is -0.480 e. The molecule has 6 aliphatic rings. The molecular weight excluding hydrogens is 743 g/mol. The fourth-order valence-corrected chi connectivity index (χ4v) is 11.3. The Hall–Kier alpha value is -4.54. The molecule has 3 unspecified atom stereocenters. The van der Waals surface area contributed by atoms with E-state index in [0.29, 0.717) is 73.3 Å². The van der Waals surface area contributed by atoms with E-state index in [1.54, 1.807) is 0 Å². The van der Waals surface area contributed by atoms with Crippen molar-refractivity contribution < 1.29 is 25.2 Å². The van der Waals surface area contributed by atoms with Gasteiger partial charge in [0.05, 0.1) is 41.3 Å². The van der Waals surface area contributed by atoms with Crippen molar-refractivity contribution in [2.45, 2.75) is 89.9 Å². The first-order chi connectivity index (χ1) is 27.4. The van der Waals surface area contributed by atoms with E-state index >= 15 is 0 Å². The summed E-state index contributed by atoms with van der Waals surface area (Å²) < 4.78 is 9.84. The zero-order valence-corrected chi connectivity index (χ0v) is 33.6. The molecule has 3 aromatic rings. The number of thiazole rings is 1. The maximum Gasteiger partial charge on any atom is 0.299 e. The Kier molecular flexibility index (Phi) is 11.0. The maximum atomic E-state index is 10.6. The third kappa shape index (κ3) is 8.00. The standard InChI is InChI=1S/C42H55N9O5S/c1-25(37(43)49-40-47-33-7-3-4-8-34(33)57-40)30-6-5-14-50(38(30)44)35-10-9-31(36(48-35)39(54)55)32-21-46-51(26(32)2)24-41-17-27-16-28(18-41)20-42(19-27,23-41)56-15-13-45-12-11-29(53)22-52/h3-4,7-10,21,27-29,44-45,48,52-55H,5-6,11-20,22-24H2,1-2H3,(H2,43,47,49)/b30-25-,44-38?. The summed E-state index contributed by atoms with van der Waals surface area (Å²) in [7, 11) is 0. The highest BCUT2D eigenvalue weighted by molar-refractivity contribution is 7.22. The van der Waals surface area contributed by atoms with E-state index in [1.807, 2.05) is 61.4 Å². The summed E-state index contributed by atoms with van der Waals surface area (Å²) in [4.78, 5) is 11.0. The second-order valence-electron chi connectivity index (χ2n) is 16.8. The Bertz CT molecular complexity index is 2130. The van der Waals surface area contributed by atoms with Crippen molar-refractivity contribution in [1.82, 2.24) is 30.3 Å². The molecule has 14 nitrogen and oxygen atoms in total. The van der Waals surface area contributed by atoms with Gasteiger partial charge in [0.25, 0.3) is 5.95 Å². The molecule has 4 aliphatic carbocycles. The highest BCUT2D eigenvalue weighted by Gasteiger charge is 2.58. The number of nitrogens with one attached hydrogen (secondary N) is 3. The summed E-state index contributed by atoms with van der Waals surface area (Å²) in [6.07, 6.45) is 13.6. The van der Waals surface area contributed by atoms with E-state index in [4.69, 9.17) is 20.7 Å². The molecule has 2 aliphatic heterocycles. The van der Waals surface area contributed by atoms with Crippen LogP contribution >= 0.6 is 11.3 Å². The SMILES string of the molecule is CC(=C1\CCCN(C2=CC=C(c3cnn(CC45CC6CC(C4)CC(OCCNCCC(O)CO)(C6)C5)c3C)C(=C(O)O)N2)C1=N)/C(N)=N\c1nc2ccccc2s1. The van der Waals surface area contributed by atoms with Crippen molar-refractivity contribution in [3.05, 3.63) is 82.5 Å². The van der Waals surface area contributed by atoms with Crippen LogP contribution in [0.25, 0.3) is 15.8 Å². The number of aliphatic hydroxyl groups excluding tert-OH is 3. The number of fused-ring (bicyclic) bond motifs is 1. The van der Waals surface area contributed by atoms with Crippen molar-refractivity contribution in [2.24, 2.45) is 28.0 Å². The molecule has 9 rings (SSSR count). The molecule has 0 amide bonds. The number of benzene rings is 1. The Morgan fingerprint density at radius 3 is 2.72 bits per heavy atom. The molecular formula is C42H55N9O5S. The Morgan fingerprint density at radius 1 is 1.18 bits per heavy atom. The van der Waals surface area contributed by atoms with Gasteiger partial charge in [0.15, 0.2) is 0 Å². The summed E-state index contributed by atoms with van der Waals surface area (Å²) in [6, 6.07) is 7.86. The fourth-order valence-electron chi connectivity index (χ4n) is 10.4. The van der Waals surface area contributed by atoms with Gasteiger partial charge in [0.2, 0.25) is 5.13 Å². The number of rotatable bonds is 14. The van der Waals surface area contributed by atoms with Crippen molar-refractivity contribution in [2.75, 3.05) is 32.8 Å². The number of ether oxygens (including phenoxy) is 1. The molecule has 1 saturated heterocycles. The fraction of sp³-hybridized carbons (Fsp3) is 0.524. The van der Waals surface area contributed by atoms with E-state index < -0.39 is 12.0 Å². The molecule has 4 heterocycles. The minimum absolute atomic E-state index is 0.0846. The summed E-state index contributed by atoms with van der Waals surface area (Å²) in [6.45, 7) is 7.03. The number of nitrogens with zero attached hydrogens (tertiary/aromatic N) is 5. The molecule has 3 atom stereocenters. The lowest BCUT2D eigenvalue weighted by Gasteiger charge is -2.61. The smallest absolute Gasteiger partial charge is 0.299 e. The quantitative estimate of drug-likeness (QED) is 0.0431. The van der Waals surface area contributed by atoms with Gasteiger partial charge in [-0.15, -0.1) is 0 Å². The van der Waals surface area contributed by atoms with Crippen LogP contribution < -0.4 is 16.4 Å². The number of hydrogen-bond acceptors (Lipinski definition) is 12. The summed E-state index contributed by atoms with van der Waals surface area (Å²) in [5.41, 5.74) is 11.4. The van der Waals surface area contributed by atoms with Crippen molar-refractivity contribution in [3.63, 3.8) is 0 Å². The van der Waals surface area contributed by atoms with Gasteiger partial charge in [0, 0.05) is 42.0 Å². The van der Waals surface area contributed by atoms with Gasteiger partial charge in [-0.25, -0.2) is 9.98 Å². The highest BCUT2D eigenvalue weighted by atomic mass is 32.1. The van der Waals surface area contributed by atoms with E-state index in [2.05, 4.69) is 25.3 Å². The number of para-hydroxylation sites is 1.